The van der Waals surface area contributed by atoms with Gasteiger partial charge in [-0.05, 0) is 32.9 Å². The number of benzene rings is 1. The van der Waals surface area contributed by atoms with Crippen LogP contribution in [0.1, 0.15) is 23.9 Å². The van der Waals surface area contributed by atoms with E-state index in [1.54, 1.807) is 14.2 Å². The van der Waals surface area contributed by atoms with Crippen molar-refractivity contribution in [3.8, 4) is 5.69 Å². The van der Waals surface area contributed by atoms with Crippen LogP contribution in [0.5, 0.6) is 0 Å². The van der Waals surface area contributed by atoms with Crippen molar-refractivity contribution in [1.82, 2.24) is 20.4 Å². The first-order chi connectivity index (χ1) is 11.6. The Morgan fingerprint density at radius 2 is 2.00 bits per heavy atom. The number of hydrogen-bond donors (Lipinski definition) is 2. The van der Waals surface area contributed by atoms with Crippen molar-refractivity contribution in [3.63, 3.8) is 0 Å². The maximum Gasteiger partial charge on any atom is 0.191 e. The highest BCUT2D eigenvalue weighted by atomic mass is 16.5. The van der Waals surface area contributed by atoms with Crippen molar-refractivity contribution in [2.24, 2.45) is 4.99 Å². The minimum absolute atomic E-state index is 0.190. The summed E-state index contributed by atoms with van der Waals surface area (Å²) < 4.78 is 7.13. The van der Waals surface area contributed by atoms with E-state index in [9.17, 15) is 0 Å². The third-order valence-corrected chi connectivity index (χ3v) is 3.90. The molecular weight excluding hydrogens is 302 g/mol. The summed E-state index contributed by atoms with van der Waals surface area (Å²) in [6.07, 6.45) is 0. The number of methoxy groups -OCH3 is 1. The Morgan fingerprint density at radius 3 is 2.62 bits per heavy atom. The maximum atomic E-state index is 5.14. The minimum atomic E-state index is 0.190. The van der Waals surface area contributed by atoms with Crippen molar-refractivity contribution >= 4 is 5.96 Å². The number of para-hydroxylation sites is 1. The van der Waals surface area contributed by atoms with Gasteiger partial charge in [0.15, 0.2) is 5.96 Å². The van der Waals surface area contributed by atoms with Crippen LogP contribution in [-0.4, -0.2) is 42.5 Å². The monoisotopic (exact) mass is 329 g/mol. The molecule has 2 rings (SSSR count). The number of hydrogen-bond acceptors (Lipinski definition) is 3. The lowest BCUT2D eigenvalue weighted by molar-refractivity contribution is 0.179. The highest BCUT2D eigenvalue weighted by molar-refractivity contribution is 5.79. The molecule has 1 aromatic heterocycles. The minimum Gasteiger partial charge on any atom is -0.383 e. The number of aliphatic imine (C=N–C) groups is 1. The van der Waals surface area contributed by atoms with E-state index in [0.717, 1.165) is 23.0 Å². The molecule has 0 fully saturated rings. The predicted molar refractivity (Wildman–Crippen MR) is 97.7 cm³/mol. The molecule has 0 saturated carbocycles. The molecule has 24 heavy (non-hydrogen) atoms. The SMILES string of the molecule is CN=C(NCc1c(C)nn(-c2ccccc2)c1C)NC(C)COC. The Bertz CT molecular complexity index is 678. The first kappa shape index (κ1) is 18.0. The number of aromatic nitrogens is 2. The van der Waals surface area contributed by atoms with Gasteiger partial charge >= 0.3 is 0 Å². The molecule has 0 aliphatic carbocycles. The van der Waals surface area contributed by atoms with E-state index in [1.807, 2.05) is 29.8 Å². The molecule has 0 saturated heterocycles. The van der Waals surface area contributed by atoms with Crippen LogP contribution in [-0.2, 0) is 11.3 Å². The summed E-state index contributed by atoms with van der Waals surface area (Å²) in [7, 11) is 3.46. The quantitative estimate of drug-likeness (QED) is 0.630. The Kier molecular flexibility index (Phi) is 6.37. The lowest BCUT2D eigenvalue weighted by Crippen LogP contribution is -2.43. The highest BCUT2D eigenvalue weighted by Crippen LogP contribution is 2.17. The Labute approximate surface area is 143 Å². The van der Waals surface area contributed by atoms with Crippen LogP contribution < -0.4 is 10.6 Å². The van der Waals surface area contributed by atoms with Crippen LogP contribution in [0.4, 0.5) is 0 Å². The van der Waals surface area contributed by atoms with Crippen molar-refractivity contribution in [3.05, 3.63) is 47.3 Å². The Morgan fingerprint density at radius 1 is 1.29 bits per heavy atom. The molecule has 1 heterocycles. The van der Waals surface area contributed by atoms with Gasteiger partial charge in [0.2, 0.25) is 0 Å². The fraction of sp³-hybridized carbons (Fsp3) is 0.444. The maximum absolute atomic E-state index is 5.14. The van der Waals surface area contributed by atoms with Gasteiger partial charge in [0, 0.05) is 38.0 Å². The van der Waals surface area contributed by atoms with E-state index in [-0.39, 0.29) is 6.04 Å². The van der Waals surface area contributed by atoms with Crippen LogP contribution in [0.3, 0.4) is 0 Å². The predicted octanol–water partition coefficient (Wildman–Crippen LogP) is 2.19. The van der Waals surface area contributed by atoms with E-state index < -0.39 is 0 Å². The molecule has 0 radical (unpaired) electrons. The second-order valence-corrected chi connectivity index (χ2v) is 5.82. The van der Waals surface area contributed by atoms with Gasteiger partial charge < -0.3 is 15.4 Å². The van der Waals surface area contributed by atoms with Gasteiger partial charge in [-0.15, -0.1) is 0 Å². The molecule has 130 valence electrons. The molecular formula is C18H27N5O. The number of nitrogens with one attached hydrogen (secondary N) is 2. The number of guanidine groups is 1. The van der Waals surface area contributed by atoms with Crippen molar-refractivity contribution in [1.29, 1.82) is 0 Å². The molecule has 6 nitrogen and oxygen atoms in total. The molecule has 0 amide bonds. The standard InChI is InChI=1S/C18H27N5O/c1-13(12-24-5)21-18(19-4)20-11-17-14(2)22-23(15(17)3)16-9-7-6-8-10-16/h6-10,13H,11-12H2,1-5H3,(H2,19,20,21). The second-order valence-electron chi connectivity index (χ2n) is 5.82. The summed E-state index contributed by atoms with van der Waals surface area (Å²) in [6.45, 7) is 7.48. The van der Waals surface area contributed by atoms with Crippen LogP contribution >= 0.6 is 0 Å². The highest BCUT2D eigenvalue weighted by Gasteiger charge is 2.13. The van der Waals surface area contributed by atoms with E-state index in [4.69, 9.17) is 4.74 Å². The van der Waals surface area contributed by atoms with E-state index >= 15 is 0 Å². The third kappa shape index (κ3) is 4.35. The smallest absolute Gasteiger partial charge is 0.191 e. The summed E-state index contributed by atoms with van der Waals surface area (Å²) in [6, 6.07) is 10.4. The first-order valence-corrected chi connectivity index (χ1v) is 8.13. The number of ether oxygens (including phenoxy) is 1. The molecule has 2 N–H and O–H groups in total. The van der Waals surface area contributed by atoms with Crippen molar-refractivity contribution in [2.45, 2.75) is 33.4 Å². The van der Waals surface area contributed by atoms with E-state index in [1.165, 1.54) is 5.56 Å². The van der Waals surface area contributed by atoms with E-state index in [0.29, 0.717) is 13.2 Å². The molecule has 1 aromatic carbocycles. The Balaban J connectivity index is 2.09. The zero-order chi connectivity index (χ0) is 17.5. The van der Waals surface area contributed by atoms with Gasteiger partial charge in [-0.25, -0.2) is 4.68 Å². The van der Waals surface area contributed by atoms with Crippen LogP contribution in [0.25, 0.3) is 5.69 Å². The fourth-order valence-electron chi connectivity index (χ4n) is 2.64. The van der Waals surface area contributed by atoms with Gasteiger partial charge in [0.05, 0.1) is 18.0 Å². The van der Waals surface area contributed by atoms with Crippen LogP contribution in [0, 0.1) is 13.8 Å². The van der Waals surface area contributed by atoms with Gasteiger partial charge in [-0.1, -0.05) is 18.2 Å². The van der Waals surface area contributed by atoms with Crippen molar-refractivity contribution < 1.29 is 4.74 Å². The molecule has 6 heteroatoms. The molecule has 2 aromatic rings. The fourth-order valence-corrected chi connectivity index (χ4v) is 2.64. The first-order valence-electron chi connectivity index (χ1n) is 8.13. The van der Waals surface area contributed by atoms with Crippen LogP contribution in [0.15, 0.2) is 35.3 Å². The molecule has 0 aliphatic heterocycles. The molecule has 0 aliphatic rings. The topological polar surface area (TPSA) is 63.5 Å². The van der Waals surface area contributed by atoms with Gasteiger partial charge in [-0.3, -0.25) is 4.99 Å². The summed E-state index contributed by atoms with van der Waals surface area (Å²) in [4.78, 5) is 4.26. The lowest BCUT2D eigenvalue weighted by atomic mass is 10.2. The molecule has 0 bridgehead atoms. The van der Waals surface area contributed by atoms with Gasteiger partial charge in [0.25, 0.3) is 0 Å². The van der Waals surface area contributed by atoms with E-state index in [2.05, 4.69) is 46.7 Å². The number of aryl methyl sites for hydroxylation is 1. The van der Waals surface area contributed by atoms with Gasteiger partial charge in [-0.2, -0.15) is 5.10 Å². The summed E-state index contributed by atoms with van der Waals surface area (Å²) >= 11 is 0. The number of rotatable bonds is 6. The molecule has 1 unspecified atom stereocenters. The Hall–Kier alpha value is -2.34. The summed E-state index contributed by atoms with van der Waals surface area (Å²) in [5, 5.41) is 11.3. The summed E-state index contributed by atoms with van der Waals surface area (Å²) in [5.41, 5.74) is 4.40. The summed E-state index contributed by atoms with van der Waals surface area (Å²) in [5.74, 6) is 0.755. The molecule has 1 atom stereocenters. The zero-order valence-corrected chi connectivity index (χ0v) is 15.1. The largest absolute Gasteiger partial charge is 0.383 e. The van der Waals surface area contributed by atoms with Crippen molar-refractivity contribution in [2.75, 3.05) is 20.8 Å². The average Bonchev–Trinajstić information content (AvgIpc) is 2.87. The van der Waals surface area contributed by atoms with Gasteiger partial charge in [0.1, 0.15) is 0 Å². The zero-order valence-electron chi connectivity index (χ0n) is 15.1. The average molecular weight is 329 g/mol. The normalized spacial score (nSPS) is 13.0. The molecule has 0 spiro atoms. The van der Waals surface area contributed by atoms with Crippen LogP contribution in [0.2, 0.25) is 0 Å². The lowest BCUT2D eigenvalue weighted by Gasteiger charge is -2.17. The number of nitrogens with zero attached hydrogens (tertiary/aromatic N) is 3. The third-order valence-electron chi connectivity index (χ3n) is 3.90. The second kappa shape index (κ2) is 8.49.